The lowest BCUT2D eigenvalue weighted by molar-refractivity contribution is -0.119. The van der Waals surface area contributed by atoms with Gasteiger partial charge in [0.25, 0.3) is 0 Å². The summed E-state index contributed by atoms with van der Waals surface area (Å²) in [5.41, 5.74) is -0.543. The molecular formula is C22H34N4O3. The molecule has 1 aromatic heterocycles. The lowest BCUT2D eigenvalue weighted by atomic mass is 9.93. The van der Waals surface area contributed by atoms with E-state index in [-0.39, 0.29) is 5.91 Å². The first-order valence-electron chi connectivity index (χ1n) is 10.6. The number of amides is 2. The predicted octanol–water partition coefficient (Wildman–Crippen LogP) is 4.87. The van der Waals surface area contributed by atoms with Crippen LogP contribution in [-0.2, 0) is 9.53 Å². The number of aromatic nitrogens is 2. The molecule has 29 heavy (non-hydrogen) atoms. The molecule has 1 saturated heterocycles. The molecule has 2 rings (SSSR count). The highest BCUT2D eigenvalue weighted by Gasteiger charge is 2.20. The van der Waals surface area contributed by atoms with Crippen LogP contribution in [0.5, 0.6) is 0 Å². The number of aryl methyl sites for hydroxylation is 1. The first kappa shape index (κ1) is 23.0. The second kappa shape index (κ2) is 11.0. The number of nitrogens with zero attached hydrogens (tertiary/aromatic N) is 4. The van der Waals surface area contributed by atoms with E-state index >= 15 is 0 Å². The van der Waals surface area contributed by atoms with Gasteiger partial charge in [-0.15, -0.1) is 0 Å². The minimum absolute atomic E-state index is 0.0964. The molecule has 1 atom stereocenters. The van der Waals surface area contributed by atoms with E-state index < -0.39 is 11.7 Å². The van der Waals surface area contributed by atoms with E-state index in [0.29, 0.717) is 36.9 Å². The highest BCUT2D eigenvalue weighted by atomic mass is 16.6. The Labute approximate surface area is 174 Å². The molecular weight excluding hydrogens is 368 g/mol. The highest BCUT2D eigenvalue weighted by molar-refractivity contribution is 5.92. The number of hydrogen-bond donors (Lipinski definition) is 0. The Balaban J connectivity index is 1.98. The monoisotopic (exact) mass is 402 g/mol. The van der Waals surface area contributed by atoms with E-state index in [4.69, 9.17) is 4.74 Å². The summed E-state index contributed by atoms with van der Waals surface area (Å²) in [6.45, 7) is 7.99. The maximum Gasteiger partial charge on any atom is 0.433 e. The van der Waals surface area contributed by atoms with Gasteiger partial charge in [-0.25, -0.2) is 14.8 Å². The zero-order valence-electron chi connectivity index (χ0n) is 18.2. The van der Waals surface area contributed by atoms with Crippen molar-refractivity contribution in [3.05, 3.63) is 18.1 Å². The Kier molecular flexibility index (Phi) is 8.73. The Morgan fingerprint density at radius 3 is 2.76 bits per heavy atom. The first-order chi connectivity index (χ1) is 13.7. The van der Waals surface area contributed by atoms with Crippen molar-refractivity contribution in [1.82, 2.24) is 9.97 Å². The quantitative estimate of drug-likeness (QED) is 0.673. The lowest BCUT2D eigenvalue weighted by Gasteiger charge is -2.22. The standard InChI is InChI=1S/C22H34N4O3/c1-17-23-15-13-19(25-17)26-16-8-6-5-7-9-18(10-11-20(26)27)12-14-24-21(28)29-22(2,3)4/h13-15,18H,5-12,16H2,1-4H3. The summed E-state index contributed by atoms with van der Waals surface area (Å²) >= 11 is 0. The third kappa shape index (κ3) is 8.71. The van der Waals surface area contributed by atoms with Crippen molar-refractivity contribution in [2.45, 2.75) is 84.7 Å². The molecule has 1 aliphatic rings. The van der Waals surface area contributed by atoms with Crippen molar-refractivity contribution < 1.29 is 14.3 Å². The minimum atomic E-state index is -0.560. The van der Waals surface area contributed by atoms with Crippen LogP contribution in [0.3, 0.4) is 0 Å². The SMILES string of the molecule is Cc1nccc(N2CCCCCCC(CC=NC(=O)OC(C)(C)C)CCC2=O)n1. The van der Waals surface area contributed by atoms with Gasteiger partial charge >= 0.3 is 6.09 Å². The average molecular weight is 403 g/mol. The molecule has 2 amide bonds. The highest BCUT2D eigenvalue weighted by Crippen LogP contribution is 2.23. The molecule has 160 valence electrons. The van der Waals surface area contributed by atoms with Crippen LogP contribution in [0.4, 0.5) is 10.6 Å². The molecule has 1 unspecified atom stereocenters. The van der Waals surface area contributed by atoms with Crippen LogP contribution in [0.2, 0.25) is 0 Å². The molecule has 7 nitrogen and oxygen atoms in total. The maximum atomic E-state index is 12.9. The van der Waals surface area contributed by atoms with Gasteiger partial charge in [0, 0.05) is 25.4 Å². The largest absolute Gasteiger partial charge is 0.442 e. The number of aliphatic imine (C=N–C) groups is 1. The van der Waals surface area contributed by atoms with Gasteiger partial charge in [-0.3, -0.25) is 9.69 Å². The van der Waals surface area contributed by atoms with Crippen LogP contribution in [0.25, 0.3) is 0 Å². The van der Waals surface area contributed by atoms with Crippen LogP contribution >= 0.6 is 0 Å². The van der Waals surface area contributed by atoms with Crippen molar-refractivity contribution in [2.75, 3.05) is 11.4 Å². The number of hydrogen-bond acceptors (Lipinski definition) is 5. The minimum Gasteiger partial charge on any atom is -0.442 e. The van der Waals surface area contributed by atoms with E-state index in [9.17, 15) is 9.59 Å². The second-order valence-corrected chi connectivity index (χ2v) is 8.64. The molecule has 1 fully saturated rings. The van der Waals surface area contributed by atoms with Crippen LogP contribution in [-0.4, -0.2) is 40.3 Å². The van der Waals surface area contributed by atoms with Gasteiger partial charge in [0.15, 0.2) is 0 Å². The zero-order chi connectivity index (χ0) is 21.3. The van der Waals surface area contributed by atoms with Crippen LogP contribution in [0.1, 0.15) is 78.0 Å². The fraction of sp³-hybridized carbons (Fsp3) is 0.682. The number of ether oxygens (including phenoxy) is 1. The fourth-order valence-corrected chi connectivity index (χ4v) is 3.42. The number of rotatable bonds is 3. The average Bonchev–Trinajstić information content (AvgIpc) is 2.66. The van der Waals surface area contributed by atoms with Crippen molar-refractivity contribution in [3.8, 4) is 0 Å². The third-order valence-electron chi connectivity index (χ3n) is 4.88. The molecule has 0 spiro atoms. The fourth-order valence-electron chi connectivity index (χ4n) is 3.42. The third-order valence-corrected chi connectivity index (χ3v) is 4.88. The molecule has 0 bridgehead atoms. The molecule has 1 aromatic rings. The van der Waals surface area contributed by atoms with Gasteiger partial charge < -0.3 is 4.74 Å². The first-order valence-corrected chi connectivity index (χ1v) is 10.6. The summed E-state index contributed by atoms with van der Waals surface area (Å²) in [5, 5.41) is 0. The number of carbonyl (C=O) groups excluding carboxylic acids is 2. The summed E-state index contributed by atoms with van der Waals surface area (Å²) in [6.07, 6.45) is 10.1. The van der Waals surface area contributed by atoms with Gasteiger partial charge in [0.05, 0.1) is 0 Å². The Hall–Kier alpha value is -2.31. The molecule has 0 N–H and O–H groups in total. The van der Waals surface area contributed by atoms with Crippen molar-refractivity contribution >= 4 is 24.0 Å². The molecule has 0 aromatic carbocycles. The van der Waals surface area contributed by atoms with Gasteiger partial charge in [-0.1, -0.05) is 25.7 Å². The van der Waals surface area contributed by atoms with Crippen molar-refractivity contribution in [2.24, 2.45) is 10.9 Å². The van der Waals surface area contributed by atoms with E-state index in [1.165, 1.54) is 0 Å². The number of anilines is 1. The molecule has 1 aliphatic heterocycles. The van der Waals surface area contributed by atoms with Crippen LogP contribution < -0.4 is 4.90 Å². The van der Waals surface area contributed by atoms with Crippen LogP contribution in [0.15, 0.2) is 17.3 Å². The number of carbonyl (C=O) groups is 2. The van der Waals surface area contributed by atoms with Gasteiger partial charge in [-0.2, -0.15) is 4.99 Å². The molecule has 0 aliphatic carbocycles. The van der Waals surface area contributed by atoms with Crippen molar-refractivity contribution in [1.29, 1.82) is 0 Å². The van der Waals surface area contributed by atoms with Crippen LogP contribution in [0, 0.1) is 12.8 Å². The van der Waals surface area contributed by atoms with Crippen molar-refractivity contribution in [3.63, 3.8) is 0 Å². The summed E-state index contributed by atoms with van der Waals surface area (Å²) < 4.78 is 5.20. The zero-order valence-corrected chi connectivity index (χ0v) is 18.2. The Bertz CT molecular complexity index is 712. The normalized spacial score (nSPS) is 19.8. The molecule has 7 heteroatoms. The molecule has 2 heterocycles. The molecule has 0 radical (unpaired) electrons. The van der Waals surface area contributed by atoms with E-state index in [1.807, 2.05) is 27.7 Å². The van der Waals surface area contributed by atoms with Gasteiger partial charge in [-0.05, 0) is 58.9 Å². The molecule has 0 saturated carbocycles. The van der Waals surface area contributed by atoms with Gasteiger partial charge in [0.1, 0.15) is 17.2 Å². The second-order valence-electron chi connectivity index (χ2n) is 8.64. The predicted molar refractivity (Wildman–Crippen MR) is 114 cm³/mol. The summed E-state index contributed by atoms with van der Waals surface area (Å²) in [6, 6.07) is 1.80. The van der Waals surface area contributed by atoms with Gasteiger partial charge in [0.2, 0.25) is 5.91 Å². The van der Waals surface area contributed by atoms with E-state index in [2.05, 4.69) is 15.0 Å². The smallest absolute Gasteiger partial charge is 0.433 e. The summed E-state index contributed by atoms with van der Waals surface area (Å²) in [4.78, 5) is 38.9. The van der Waals surface area contributed by atoms with E-state index in [1.54, 1.807) is 23.4 Å². The topological polar surface area (TPSA) is 84.8 Å². The maximum absolute atomic E-state index is 12.9. The Morgan fingerprint density at radius 1 is 1.28 bits per heavy atom. The summed E-state index contributed by atoms with van der Waals surface area (Å²) in [7, 11) is 0. The van der Waals surface area contributed by atoms with E-state index in [0.717, 1.165) is 38.5 Å². The Morgan fingerprint density at radius 2 is 2.03 bits per heavy atom. The lowest BCUT2D eigenvalue weighted by Crippen LogP contribution is -2.33. The summed E-state index contributed by atoms with van der Waals surface area (Å²) in [5.74, 6) is 1.78.